The van der Waals surface area contributed by atoms with E-state index in [2.05, 4.69) is 10.3 Å². The van der Waals surface area contributed by atoms with Gasteiger partial charge in [0.15, 0.2) is 6.61 Å². The molecular weight excluding hydrogens is 424 g/mol. The van der Waals surface area contributed by atoms with E-state index in [0.717, 1.165) is 6.42 Å². The summed E-state index contributed by atoms with van der Waals surface area (Å²) in [6.07, 6.45) is 2.26. The molecule has 1 fully saturated rings. The van der Waals surface area contributed by atoms with Crippen LogP contribution >= 0.6 is 0 Å². The Morgan fingerprint density at radius 2 is 1.87 bits per heavy atom. The number of ether oxygens (including phenoxy) is 1. The molecule has 1 aromatic carbocycles. The number of rotatable bonds is 7. The molecule has 1 saturated heterocycles. The molecule has 0 aliphatic carbocycles. The second-order valence-corrected chi connectivity index (χ2v) is 9.65. The van der Waals surface area contributed by atoms with Crippen molar-refractivity contribution in [2.24, 2.45) is 11.8 Å². The Hall–Kier alpha value is -3.05. The monoisotopic (exact) mass is 448 g/mol. The number of hydrogen-bond donors (Lipinski definition) is 1. The first kappa shape index (κ1) is 22.6. The number of nitrogens with one attached hydrogen (secondary N) is 1. The lowest BCUT2D eigenvalue weighted by Crippen LogP contribution is -2.42. The maximum atomic E-state index is 12.9. The van der Waals surface area contributed by atoms with Gasteiger partial charge < -0.3 is 20.2 Å². The number of nitro groups is 1. The highest BCUT2D eigenvalue weighted by molar-refractivity contribution is 7.89. The fraction of sp³-hybridized carbons (Fsp3) is 0.400. The standard InChI is InChI=1S/C20H24N4O6S/c1-14-10-15(2)12-23(11-14)31(28,29)17-7-5-16(6-8-17)22-19(25)13-30-18-4-3-9-21-20(18)24(26)27/h3-9,14-15H,10-13H2,1-2H3,(H,22,25). The summed E-state index contributed by atoms with van der Waals surface area (Å²) in [4.78, 5) is 26.1. The molecule has 1 aliphatic rings. The number of carbonyl (C=O) groups is 1. The van der Waals surface area contributed by atoms with Gasteiger partial charge in [0.25, 0.3) is 5.91 Å². The minimum absolute atomic E-state index is 0.117. The lowest BCUT2D eigenvalue weighted by molar-refractivity contribution is -0.390. The minimum atomic E-state index is -3.61. The molecule has 3 rings (SSSR count). The van der Waals surface area contributed by atoms with Crippen molar-refractivity contribution in [3.05, 3.63) is 52.7 Å². The van der Waals surface area contributed by atoms with Gasteiger partial charge in [0.1, 0.15) is 6.20 Å². The first-order valence-corrected chi connectivity index (χ1v) is 11.2. The summed E-state index contributed by atoms with van der Waals surface area (Å²) in [5.41, 5.74) is 0.383. The van der Waals surface area contributed by atoms with E-state index in [1.807, 2.05) is 13.8 Å². The van der Waals surface area contributed by atoms with Gasteiger partial charge in [-0.1, -0.05) is 13.8 Å². The minimum Gasteiger partial charge on any atom is -0.476 e. The summed E-state index contributed by atoms with van der Waals surface area (Å²) in [5.74, 6) is -0.548. The van der Waals surface area contributed by atoms with Gasteiger partial charge in [0.2, 0.25) is 15.8 Å². The van der Waals surface area contributed by atoms with E-state index in [1.54, 1.807) is 0 Å². The van der Waals surface area contributed by atoms with Gasteiger partial charge in [0, 0.05) is 18.8 Å². The Balaban J connectivity index is 1.61. The van der Waals surface area contributed by atoms with E-state index in [1.165, 1.54) is 46.9 Å². The molecule has 2 aromatic rings. The van der Waals surface area contributed by atoms with Crippen LogP contribution in [0.4, 0.5) is 11.5 Å². The maximum absolute atomic E-state index is 12.9. The molecule has 2 heterocycles. The van der Waals surface area contributed by atoms with E-state index in [4.69, 9.17) is 4.74 Å². The summed E-state index contributed by atoms with van der Waals surface area (Å²) in [6.45, 7) is 4.60. The van der Waals surface area contributed by atoms with Crippen molar-refractivity contribution in [1.29, 1.82) is 0 Å². The lowest BCUT2D eigenvalue weighted by Gasteiger charge is -2.34. The van der Waals surface area contributed by atoms with E-state index in [-0.39, 0.29) is 10.6 Å². The average molecular weight is 449 g/mol. The predicted molar refractivity (Wildman–Crippen MR) is 113 cm³/mol. The first-order chi connectivity index (χ1) is 14.7. The molecule has 166 valence electrons. The molecule has 0 bridgehead atoms. The summed E-state index contributed by atoms with van der Waals surface area (Å²) in [5, 5.41) is 13.5. The third-order valence-corrected chi connectivity index (χ3v) is 6.74. The van der Waals surface area contributed by atoms with Gasteiger partial charge in [-0.25, -0.2) is 8.42 Å². The van der Waals surface area contributed by atoms with Crippen LogP contribution in [0.2, 0.25) is 0 Å². The van der Waals surface area contributed by atoms with Crippen LogP contribution in [-0.4, -0.2) is 48.2 Å². The quantitative estimate of drug-likeness (QED) is 0.509. The van der Waals surface area contributed by atoms with Crippen molar-refractivity contribution in [2.45, 2.75) is 25.2 Å². The molecule has 31 heavy (non-hydrogen) atoms. The lowest BCUT2D eigenvalue weighted by atomic mass is 9.94. The van der Waals surface area contributed by atoms with Crippen molar-refractivity contribution in [3.8, 4) is 5.75 Å². The van der Waals surface area contributed by atoms with Crippen LogP contribution < -0.4 is 10.1 Å². The third kappa shape index (κ3) is 5.56. The van der Waals surface area contributed by atoms with Crippen molar-refractivity contribution >= 4 is 27.4 Å². The molecule has 2 unspecified atom stereocenters. The normalized spacial score (nSPS) is 19.5. The molecular formula is C20H24N4O6S. The Morgan fingerprint density at radius 3 is 2.48 bits per heavy atom. The van der Waals surface area contributed by atoms with Crippen molar-refractivity contribution in [1.82, 2.24) is 9.29 Å². The number of anilines is 1. The number of carbonyl (C=O) groups excluding carboxylic acids is 1. The van der Waals surface area contributed by atoms with E-state index in [0.29, 0.717) is 30.6 Å². The molecule has 10 nitrogen and oxygen atoms in total. The molecule has 0 saturated carbocycles. The summed E-state index contributed by atoms with van der Waals surface area (Å²) in [6, 6.07) is 8.69. The van der Waals surface area contributed by atoms with Gasteiger partial charge in [-0.3, -0.25) is 4.79 Å². The van der Waals surface area contributed by atoms with Crippen LogP contribution in [0.15, 0.2) is 47.5 Å². The predicted octanol–water partition coefficient (Wildman–Crippen LogP) is 2.67. The van der Waals surface area contributed by atoms with E-state index in [9.17, 15) is 23.3 Å². The summed E-state index contributed by atoms with van der Waals surface area (Å²) in [7, 11) is -3.61. The SMILES string of the molecule is CC1CC(C)CN(S(=O)(=O)c2ccc(NC(=O)COc3cccnc3[N+](=O)[O-])cc2)C1. The van der Waals surface area contributed by atoms with Gasteiger partial charge in [-0.15, -0.1) is 0 Å². The van der Waals surface area contributed by atoms with Gasteiger partial charge in [-0.2, -0.15) is 4.31 Å². The summed E-state index contributed by atoms with van der Waals surface area (Å²) >= 11 is 0. The van der Waals surface area contributed by atoms with Crippen LogP contribution in [0, 0.1) is 22.0 Å². The third-order valence-electron chi connectivity index (χ3n) is 4.89. The largest absolute Gasteiger partial charge is 0.476 e. The molecule has 1 aliphatic heterocycles. The number of hydrogen-bond acceptors (Lipinski definition) is 7. The number of nitrogens with zero attached hydrogens (tertiary/aromatic N) is 3. The fourth-order valence-corrected chi connectivity index (χ4v) is 5.31. The highest BCUT2D eigenvalue weighted by Crippen LogP contribution is 2.27. The number of aromatic nitrogens is 1. The molecule has 0 spiro atoms. The molecule has 1 N–H and O–H groups in total. The van der Waals surface area contributed by atoms with Crippen LogP contribution in [0.25, 0.3) is 0 Å². The van der Waals surface area contributed by atoms with Gasteiger partial charge >= 0.3 is 5.82 Å². The average Bonchev–Trinajstić information content (AvgIpc) is 2.72. The number of piperidine rings is 1. The van der Waals surface area contributed by atoms with E-state index < -0.39 is 33.3 Å². The van der Waals surface area contributed by atoms with Crippen molar-refractivity contribution in [3.63, 3.8) is 0 Å². The topological polar surface area (TPSA) is 132 Å². The Labute approximate surface area is 180 Å². The smallest absolute Gasteiger partial charge is 0.406 e. The van der Waals surface area contributed by atoms with Crippen molar-refractivity contribution in [2.75, 3.05) is 25.0 Å². The first-order valence-electron chi connectivity index (χ1n) is 9.79. The Bertz CT molecular complexity index is 1050. The van der Waals surface area contributed by atoms with Crippen LogP contribution in [0.5, 0.6) is 5.75 Å². The zero-order valence-electron chi connectivity index (χ0n) is 17.2. The van der Waals surface area contributed by atoms with Crippen molar-refractivity contribution < 1.29 is 22.9 Å². The van der Waals surface area contributed by atoms with Gasteiger partial charge in [0.05, 0.1) is 4.90 Å². The number of pyridine rings is 1. The number of sulfonamides is 1. The zero-order valence-corrected chi connectivity index (χ0v) is 18.0. The highest BCUT2D eigenvalue weighted by Gasteiger charge is 2.31. The molecule has 11 heteroatoms. The second-order valence-electron chi connectivity index (χ2n) is 7.71. The Morgan fingerprint density at radius 1 is 1.23 bits per heavy atom. The number of amides is 1. The maximum Gasteiger partial charge on any atom is 0.406 e. The van der Waals surface area contributed by atoms with Crippen LogP contribution in [0.1, 0.15) is 20.3 Å². The zero-order chi connectivity index (χ0) is 22.6. The van der Waals surface area contributed by atoms with Crippen LogP contribution in [-0.2, 0) is 14.8 Å². The second kappa shape index (κ2) is 9.40. The fourth-order valence-electron chi connectivity index (χ4n) is 3.63. The molecule has 2 atom stereocenters. The molecule has 1 amide bonds. The van der Waals surface area contributed by atoms with Crippen LogP contribution in [0.3, 0.4) is 0 Å². The summed E-state index contributed by atoms with van der Waals surface area (Å²) < 4.78 is 32.5. The molecule has 0 radical (unpaired) electrons. The van der Waals surface area contributed by atoms with E-state index >= 15 is 0 Å². The number of benzene rings is 1. The molecule has 1 aromatic heterocycles. The highest BCUT2D eigenvalue weighted by atomic mass is 32.2. The van der Waals surface area contributed by atoms with Gasteiger partial charge in [-0.05, 0) is 64.6 Å². The Kier molecular flexibility index (Phi) is 6.86.